The highest BCUT2D eigenvalue weighted by Crippen LogP contribution is 2.26. The Kier molecular flexibility index (Phi) is 4.74. The molecule has 5 heteroatoms. The third kappa shape index (κ3) is 3.36. The first kappa shape index (κ1) is 14.5. The van der Waals surface area contributed by atoms with Gasteiger partial charge in [-0.05, 0) is 24.4 Å². The van der Waals surface area contributed by atoms with E-state index in [1.165, 1.54) is 11.3 Å². The Morgan fingerprint density at radius 3 is 2.75 bits per heavy atom. The number of rotatable bonds is 5. The molecule has 2 aromatic rings. The smallest absolute Gasteiger partial charge is 0.307 e. The van der Waals surface area contributed by atoms with Gasteiger partial charge in [0, 0.05) is 18.3 Å². The molecule has 1 aromatic carbocycles. The molecule has 106 valence electrons. The fraction of sp³-hybridized carbons (Fsp3) is 0.333. The largest absolute Gasteiger partial charge is 0.466 e. The lowest BCUT2D eigenvalue weighted by atomic mass is 10.2. The number of hydrogen-bond donors (Lipinski definition) is 0. The zero-order chi connectivity index (χ0) is 14.5. The van der Waals surface area contributed by atoms with Crippen LogP contribution in [0.1, 0.15) is 23.0 Å². The molecule has 1 aromatic heterocycles. The Labute approximate surface area is 122 Å². The van der Waals surface area contributed by atoms with Gasteiger partial charge in [-0.2, -0.15) is 0 Å². The lowest BCUT2D eigenvalue weighted by Gasteiger charge is -2.15. The molecule has 0 saturated carbocycles. The van der Waals surface area contributed by atoms with Crippen molar-refractivity contribution < 1.29 is 14.3 Å². The number of carbonyl (C=O) groups excluding carboxylic acids is 2. The summed E-state index contributed by atoms with van der Waals surface area (Å²) in [6, 6.07) is 9.78. The third-order valence-corrected chi connectivity index (χ3v) is 4.04. The van der Waals surface area contributed by atoms with E-state index in [0.717, 1.165) is 10.1 Å². The number of amides is 1. The normalized spacial score (nSPS) is 10.5. The average molecular weight is 291 g/mol. The minimum absolute atomic E-state index is 0.0597. The van der Waals surface area contributed by atoms with Crippen molar-refractivity contribution in [3.63, 3.8) is 0 Å². The summed E-state index contributed by atoms with van der Waals surface area (Å²) in [4.78, 5) is 25.8. The van der Waals surface area contributed by atoms with E-state index < -0.39 is 0 Å². The highest BCUT2D eigenvalue weighted by molar-refractivity contribution is 7.20. The summed E-state index contributed by atoms with van der Waals surface area (Å²) in [5, 5.41) is 1.07. The topological polar surface area (TPSA) is 46.6 Å². The van der Waals surface area contributed by atoms with Crippen molar-refractivity contribution in [2.75, 3.05) is 20.2 Å². The molecular weight excluding hydrogens is 274 g/mol. The molecule has 1 amide bonds. The molecule has 0 N–H and O–H groups in total. The molecule has 0 aliphatic rings. The standard InChI is InChI=1S/C15H17NO3S/c1-3-19-14(17)8-9-16(2)15(18)13-10-11-6-4-5-7-12(11)20-13/h4-7,10H,3,8-9H2,1-2H3. The van der Waals surface area contributed by atoms with E-state index in [-0.39, 0.29) is 18.3 Å². The van der Waals surface area contributed by atoms with Crippen molar-refractivity contribution in [2.24, 2.45) is 0 Å². The van der Waals surface area contributed by atoms with Crippen molar-refractivity contribution >= 4 is 33.3 Å². The number of fused-ring (bicyclic) bond motifs is 1. The first-order valence-electron chi connectivity index (χ1n) is 6.51. The van der Waals surface area contributed by atoms with Gasteiger partial charge in [0.1, 0.15) is 0 Å². The van der Waals surface area contributed by atoms with Crippen molar-refractivity contribution in [2.45, 2.75) is 13.3 Å². The van der Waals surface area contributed by atoms with Crippen LogP contribution in [0.4, 0.5) is 0 Å². The summed E-state index contributed by atoms with van der Waals surface area (Å²) in [6.45, 7) is 2.50. The van der Waals surface area contributed by atoms with Gasteiger partial charge in [-0.1, -0.05) is 18.2 Å². The van der Waals surface area contributed by atoms with E-state index in [1.807, 2.05) is 30.3 Å². The van der Waals surface area contributed by atoms with Crippen LogP contribution in [0.25, 0.3) is 10.1 Å². The van der Waals surface area contributed by atoms with Gasteiger partial charge >= 0.3 is 5.97 Å². The summed E-state index contributed by atoms with van der Waals surface area (Å²) < 4.78 is 5.94. The monoisotopic (exact) mass is 291 g/mol. The number of benzene rings is 1. The van der Waals surface area contributed by atoms with Gasteiger partial charge in [-0.25, -0.2) is 0 Å². The second-order valence-electron chi connectivity index (χ2n) is 4.43. The van der Waals surface area contributed by atoms with Crippen molar-refractivity contribution in [3.05, 3.63) is 35.2 Å². The molecule has 0 fully saturated rings. The zero-order valence-corrected chi connectivity index (χ0v) is 12.4. The maximum atomic E-state index is 12.3. The maximum Gasteiger partial charge on any atom is 0.307 e. The minimum atomic E-state index is -0.275. The van der Waals surface area contributed by atoms with Crippen LogP contribution >= 0.6 is 11.3 Å². The number of thiophene rings is 1. The summed E-state index contributed by atoms with van der Waals surface area (Å²) in [5.41, 5.74) is 0. The van der Waals surface area contributed by atoms with Gasteiger partial charge in [0.2, 0.25) is 0 Å². The summed E-state index contributed by atoms with van der Waals surface area (Å²) in [6.07, 6.45) is 0.223. The van der Waals surface area contributed by atoms with Crippen molar-refractivity contribution in [1.29, 1.82) is 0 Å². The second kappa shape index (κ2) is 6.52. The molecule has 20 heavy (non-hydrogen) atoms. The van der Waals surface area contributed by atoms with E-state index in [9.17, 15) is 9.59 Å². The van der Waals surface area contributed by atoms with Crippen molar-refractivity contribution in [1.82, 2.24) is 4.90 Å². The SMILES string of the molecule is CCOC(=O)CCN(C)C(=O)c1cc2ccccc2s1. The molecule has 0 atom stereocenters. The molecule has 0 aliphatic carbocycles. The van der Waals surface area contributed by atoms with Crippen LogP contribution in [0.5, 0.6) is 0 Å². The summed E-state index contributed by atoms with van der Waals surface area (Å²) in [7, 11) is 1.70. The minimum Gasteiger partial charge on any atom is -0.466 e. The lowest BCUT2D eigenvalue weighted by Crippen LogP contribution is -2.28. The second-order valence-corrected chi connectivity index (χ2v) is 5.51. The van der Waals surface area contributed by atoms with Crippen LogP contribution in [-0.4, -0.2) is 37.0 Å². The van der Waals surface area contributed by atoms with Crippen LogP contribution in [0.3, 0.4) is 0 Å². The molecule has 0 unspecified atom stereocenters. The zero-order valence-electron chi connectivity index (χ0n) is 11.6. The lowest BCUT2D eigenvalue weighted by molar-refractivity contribution is -0.143. The summed E-state index contributed by atoms with van der Waals surface area (Å²) in [5.74, 6) is -0.334. The Hall–Kier alpha value is -1.88. The molecule has 1 heterocycles. The van der Waals surface area contributed by atoms with E-state index in [0.29, 0.717) is 18.0 Å². The van der Waals surface area contributed by atoms with Crippen LogP contribution in [-0.2, 0) is 9.53 Å². The Bertz CT molecular complexity index is 587. The Balaban J connectivity index is 2.01. The van der Waals surface area contributed by atoms with Gasteiger partial charge in [0.25, 0.3) is 5.91 Å². The predicted octanol–water partition coefficient (Wildman–Crippen LogP) is 2.93. The van der Waals surface area contributed by atoms with E-state index in [1.54, 1.807) is 18.9 Å². The highest BCUT2D eigenvalue weighted by Gasteiger charge is 2.15. The maximum absolute atomic E-state index is 12.3. The fourth-order valence-corrected chi connectivity index (χ4v) is 2.93. The van der Waals surface area contributed by atoms with Gasteiger partial charge in [-0.3, -0.25) is 9.59 Å². The van der Waals surface area contributed by atoms with Crippen LogP contribution in [0.15, 0.2) is 30.3 Å². The Morgan fingerprint density at radius 1 is 1.30 bits per heavy atom. The van der Waals surface area contributed by atoms with Gasteiger partial charge in [-0.15, -0.1) is 11.3 Å². The fourth-order valence-electron chi connectivity index (χ4n) is 1.87. The van der Waals surface area contributed by atoms with E-state index >= 15 is 0 Å². The number of nitrogens with zero attached hydrogens (tertiary/aromatic N) is 1. The number of esters is 1. The molecule has 0 aliphatic heterocycles. The first-order valence-corrected chi connectivity index (χ1v) is 7.33. The first-order chi connectivity index (χ1) is 9.61. The third-order valence-electron chi connectivity index (χ3n) is 2.94. The average Bonchev–Trinajstić information content (AvgIpc) is 2.88. The summed E-state index contributed by atoms with van der Waals surface area (Å²) >= 11 is 1.47. The molecule has 4 nitrogen and oxygen atoms in total. The van der Waals surface area contributed by atoms with Gasteiger partial charge in [0.05, 0.1) is 17.9 Å². The van der Waals surface area contributed by atoms with Crippen molar-refractivity contribution in [3.8, 4) is 0 Å². The van der Waals surface area contributed by atoms with Crippen LogP contribution in [0, 0.1) is 0 Å². The van der Waals surface area contributed by atoms with Crippen LogP contribution in [0.2, 0.25) is 0 Å². The quantitative estimate of drug-likeness (QED) is 0.796. The number of hydrogen-bond acceptors (Lipinski definition) is 4. The van der Waals surface area contributed by atoms with Gasteiger partial charge in [0.15, 0.2) is 0 Å². The molecule has 0 radical (unpaired) electrons. The molecule has 2 rings (SSSR count). The molecule has 0 spiro atoms. The highest BCUT2D eigenvalue weighted by atomic mass is 32.1. The van der Waals surface area contributed by atoms with E-state index in [2.05, 4.69) is 0 Å². The predicted molar refractivity (Wildman–Crippen MR) is 80.0 cm³/mol. The number of carbonyl (C=O) groups is 2. The molecular formula is C15H17NO3S. The molecule has 0 saturated heterocycles. The number of ether oxygens (including phenoxy) is 1. The van der Waals surface area contributed by atoms with E-state index in [4.69, 9.17) is 4.74 Å². The Morgan fingerprint density at radius 2 is 2.05 bits per heavy atom. The van der Waals surface area contributed by atoms with Crippen LogP contribution < -0.4 is 0 Å². The molecule has 0 bridgehead atoms. The van der Waals surface area contributed by atoms with Gasteiger partial charge < -0.3 is 9.64 Å².